The van der Waals surface area contributed by atoms with Crippen molar-refractivity contribution in [2.24, 2.45) is 0 Å². The number of piperidine rings is 1. The SMILES string of the molecule is CCNC1CCC(N(C)C2CCN(CC)CC2)C1. The molecule has 0 aromatic carbocycles. The van der Waals surface area contributed by atoms with E-state index in [1.165, 1.54) is 51.7 Å². The Morgan fingerprint density at radius 2 is 1.78 bits per heavy atom. The zero-order valence-corrected chi connectivity index (χ0v) is 12.5. The number of hydrogen-bond donors (Lipinski definition) is 1. The molecular formula is C15H31N3. The van der Waals surface area contributed by atoms with E-state index in [9.17, 15) is 0 Å². The lowest BCUT2D eigenvalue weighted by atomic mass is 10.0. The number of hydrogen-bond acceptors (Lipinski definition) is 3. The quantitative estimate of drug-likeness (QED) is 0.808. The third kappa shape index (κ3) is 3.46. The van der Waals surface area contributed by atoms with Gasteiger partial charge in [0, 0.05) is 18.1 Å². The molecule has 0 aromatic heterocycles. The van der Waals surface area contributed by atoms with Gasteiger partial charge in [-0.3, -0.25) is 0 Å². The van der Waals surface area contributed by atoms with E-state index in [0.717, 1.165) is 24.7 Å². The normalized spacial score (nSPS) is 31.3. The van der Waals surface area contributed by atoms with Crippen LogP contribution in [0.5, 0.6) is 0 Å². The molecule has 2 fully saturated rings. The molecule has 3 heteroatoms. The Hall–Kier alpha value is -0.120. The molecule has 2 atom stereocenters. The smallest absolute Gasteiger partial charge is 0.0119 e. The number of nitrogens with zero attached hydrogens (tertiary/aromatic N) is 2. The third-order valence-corrected chi connectivity index (χ3v) is 5.05. The van der Waals surface area contributed by atoms with Crippen LogP contribution in [0.15, 0.2) is 0 Å². The van der Waals surface area contributed by atoms with E-state index < -0.39 is 0 Å². The topological polar surface area (TPSA) is 18.5 Å². The van der Waals surface area contributed by atoms with Gasteiger partial charge in [0.2, 0.25) is 0 Å². The van der Waals surface area contributed by atoms with Gasteiger partial charge in [0.25, 0.3) is 0 Å². The van der Waals surface area contributed by atoms with Gasteiger partial charge >= 0.3 is 0 Å². The minimum Gasteiger partial charge on any atom is -0.314 e. The highest BCUT2D eigenvalue weighted by Crippen LogP contribution is 2.27. The van der Waals surface area contributed by atoms with E-state index in [1.807, 2.05) is 0 Å². The van der Waals surface area contributed by atoms with Crippen LogP contribution in [-0.2, 0) is 0 Å². The van der Waals surface area contributed by atoms with E-state index in [2.05, 4.69) is 36.0 Å². The Kier molecular flexibility index (Phi) is 5.46. The molecule has 2 rings (SSSR count). The number of likely N-dealkylation sites (tertiary alicyclic amines) is 1. The minimum absolute atomic E-state index is 0.776. The van der Waals surface area contributed by atoms with Crippen molar-refractivity contribution in [3.05, 3.63) is 0 Å². The first kappa shape index (κ1) is 14.3. The van der Waals surface area contributed by atoms with Crippen LogP contribution in [0.4, 0.5) is 0 Å². The van der Waals surface area contributed by atoms with Gasteiger partial charge in [0.15, 0.2) is 0 Å². The van der Waals surface area contributed by atoms with Crippen LogP contribution in [0.3, 0.4) is 0 Å². The van der Waals surface area contributed by atoms with Crippen LogP contribution >= 0.6 is 0 Å². The lowest BCUT2D eigenvalue weighted by Gasteiger charge is -2.39. The van der Waals surface area contributed by atoms with Gasteiger partial charge in [0.1, 0.15) is 0 Å². The van der Waals surface area contributed by atoms with Gasteiger partial charge in [-0.25, -0.2) is 0 Å². The standard InChI is InChI=1S/C15H31N3/c1-4-16-13-6-7-15(12-13)17(3)14-8-10-18(5-2)11-9-14/h13-16H,4-12H2,1-3H3. The second-order valence-electron chi connectivity index (χ2n) is 6.05. The van der Waals surface area contributed by atoms with Crippen molar-refractivity contribution in [1.82, 2.24) is 15.1 Å². The Morgan fingerprint density at radius 3 is 2.39 bits per heavy atom. The Bertz CT molecular complexity index is 234. The van der Waals surface area contributed by atoms with Crippen molar-refractivity contribution in [3.63, 3.8) is 0 Å². The molecule has 1 N–H and O–H groups in total. The zero-order chi connectivity index (χ0) is 13.0. The average Bonchev–Trinajstić information content (AvgIpc) is 2.87. The maximum atomic E-state index is 3.61. The molecule has 0 spiro atoms. The molecule has 106 valence electrons. The summed E-state index contributed by atoms with van der Waals surface area (Å²) < 4.78 is 0. The van der Waals surface area contributed by atoms with Gasteiger partial charge in [-0.15, -0.1) is 0 Å². The molecule has 1 aliphatic heterocycles. The molecule has 1 heterocycles. The van der Waals surface area contributed by atoms with Crippen molar-refractivity contribution in [1.29, 1.82) is 0 Å². The summed E-state index contributed by atoms with van der Waals surface area (Å²) in [6.07, 6.45) is 6.86. The van der Waals surface area contributed by atoms with E-state index in [0.29, 0.717) is 0 Å². The lowest BCUT2D eigenvalue weighted by Crippen LogP contribution is -2.46. The first-order valence-electron chi connectivity index (χ1n) is 7.92. The van der Waals surface area contributed by atoms with Crippen LogP contribution in [0.2, 0.25) is 0 Å². The fraction of sp³-hybridized carbons (Fsp3) is 1.00. The summed E-state index contributed by atoms with van der Waals surface area (Å²) in [5.41, 5.74) is 0. The van der Waals surface area contributed by atoms with E-state index in [1.54, 1.807) is 0 Å². The van der Waals surface area contributed by atoms with Gasteiger partial charge in [-0.05, 0) is 65.3 Å². The minimum atomic E-state index is 0.776. The first-order valence-corrected chi connectivity index (χ1v) is 7.92. The molecule has 0 radical (unpaired) electrons. The molecule has 2 aliphatic rings. The van der Waals surface area contributed by atoms with Gasteiger partial charge in [-0.2, -0.15) is 0 Å². The fourth-order valence-electron chi connectivity index (χ4n) is 3.74. The maximum Gasteiger partial charge on any atom is 0.0119 e. The van der Waals surface area contributed by atoms with Crippen molar-refractivity contribution >= 4 is 0 Å². The summed E-state index contributed by atoms with van der Waals surface area (Å²) in [5, 5.41) is 3.61. The molecule has 0 bridgehead atoms. The number of rotatable bonds is 5. The van der Waals surface area contributed by atoms with E-state index >= 15 is 0 Å². The predicted molar refractivity (Wildman–Crippen MR) is 78.0 cm³/mol. The molecule has 2 unspecified atom stereocenters. The Balaban J connectivity index is 1.76. The molecule has 0 amide bonds. The third-order valence-electron chi connectivity index (χ3n) is 5.05. The van der Waals surface area contributed by atoms with Crippen LogP contribution in [0.25, 0.3) is 0 Å². The first-order chi connectivity index (χ1) is 8.74. The van der Waals surface area contributed by atoms with Gasteiger partial charge in [0.05, 0.1) is 0 Å². The van der Waals surface area contributed by atoms with E-state index in [-0.39, 0.29) is 0 Å². The van der Waals surface area contributed by atoms with Crippen LogP contribution in [-0.4, -0.2) is 61.2 Å². The molecule has 1 aliphatic carbocycles. The zero-order valence-electron chi connectivity index (χ0n) is 12.5. The lowest BCUT2D eigenvalue weighted by molar-refractivity contribution is 0.0993. The second kappa shape index (κ2) is 6.88. The van der Waals surface area contributed by atoms with Crippen molar-refractivity contribution in [3.8, 4) is 0 Å². The number of nitrogens with one attached hydrogen (secondary N) is 1. The van der Waals surface area contributed by atoms with Crippen LogP contribution < -0.4 is 5.32 Å². The Labute approximate surface area is 113 Å². The van der Waals surface area contributed by atoms with Crippen LogP contribution in [0, 0.1) is 0 Å². The second-order valence-corrected chi connectivity index (χ2v) is 6.05. The Morgan fingerprint density at radius 1 is 1.06 bits per heavy atom. The maximum absolute atomic E-state index is 3.61. The molecule has 0 aromatic rings. The summed E-state index contributed by atoms with van der Waals surface area (Å²) in [5.74, 6) is 0. The van der Waals surface area contributed by atoms with Crippen molar-refractivity contribution < 1.29 is 0 Å². The van der Waals surface area contributed by atoms with Gasteiger partial charge in [-0.1, -0.05) is 13.8 Å². The fourth-order valence-corrected chi connectivity index (χ4v) is 3.74. The van der Waals surface area contributed by atoms with Crippen molar-refractivity contribution in [2.75, 3.05) is 33.2 Å². The molecule has 1 saturated carbocycles. The largest absolute Gasteiger partial charge is 0.314 e. The highest BCUT2D eigenvalue weighted by molar-refractivity contribution is 4.89. The monoisotopic (exact) mass is 253 g/mol. The average molecular weight is 253 g/mol. The van der Waals surface area contributed by atoms with Gasteiger partial charge < -0.3 is 15.1 Å². The summed E-state index contributed by atoms with van der Waals surface area (Å²) >= 11 is 0. The highest BCUT2D eigenvalue weighted by atomic mass is 15.2. The predicted octanol–water partition coefficient (Wildman–Crippen LogP) is 1.93. The summed E-state index contributed by atoms with van der Waals surface area (Å²) in [4.78, 5) is 5.28. The molecule has 3 nitrogen and oxygen atoms in total. The molecule has 18 heavy (non-hydrogen) atoms. The molecule has 1 saturated heterocycles. The highest BCUT2D eigenvalue weighted by Gasteiger charge is 2.31. The summed E-state index contributed by atoms with van der Waals surface area (Å²) in [7, 11) is 2.37. The van der Waals surface area contributed by atoms with E-state index in [4.69, 9.17) is 0 Å². The van der Waals surface area contributed by atoms with Crippen molar-refractivity contribution in [2.45, 2.75) is 64.1 Å². The summed E-state index contributed by atoms with van der Waals surface area (Å²) in [6.45, 7) is 9.45. The molecular weight excluding hydrogens is 222 g/mol. The summed E-state index contributed by atoms with van der Waals surface area (Å²) in [6, 6.07) is 2.43. The van der Waals surface area contributed by atoms with Crippen LogP contribution in [0.1, 0.15) is 46.0 Å².